The first-order valence-electron chi connectivity index (χ1n) is 6.10. The van der Waals surface area contributed by atoms with Gasteiger partial charge in [0.15, 0.2) is 0 Å². The van der Waals surface area contributed by atoms with Crippen LogP contribution in [0.1, 0.15) is 29.6 Å². The molecule has 0 aliphatic heterocycles. The Morgan fingerprint density at radius 3 is 2.89 bits per heavy atom. The highest BCUT2D eigenvalue weighted by atomic mass is 32.2. The summed E-state index contributed by atoms with van der Waals surface area (Å²) < 4.78 is 0. The predicted molar refractivity (Wildman–Crippen MR) is 77.9 cm³/mol. The Labute approximate surface area is 111 Å². The molecule has 1 aliphatic rings. The fourth-order valence-corrected chi connectivity index (χ4v) is 3.34. The minimum atomic E-state index is -0.425. The lowest BCUT2D eigenvalue weighted by atomic mass is 10.1. The largest absolute Gasteiger partial charge is 0.397 e. The molecule has 1 amide bonds. The van der Waals surface area contributed by atoms with Crippen LogP contribution in [0, 0.1) is 0 Å². The van der Waals surface area contributed by atoms with Crippen molar-refractivity contribution >= 4 is 29.0 Å². The third kappa shape index (κ3) is 2.72. The Morgan fingerprint density at radius 1 is 1.44 bits per heavy atom. The van der Waals surface area contributed by atoms with Crippen molar-refractivity contribution in [2.75, 3.05) is 17.3 Å². The van der Waals surface area contributed by atoms with Crippen molar-refractivity contribution in [2.45, 2.75) is 30.6 Å². The van der Waals surface area contributed by atoms with E-state index in [1.165, 1.54) is 12.8 Å². The third-order valence-corrected chi connectivity index (χ3v) is 4.60. The summed E-state index contributed by atoms with van der Waals surface area (Å²) in [6.45, 7) is 0. The van der Waals surface area contributed by atoms with Gasteiger partial charge in [-0.15, -0.1) is 0 Å². The van der Waals surface area contributed by atoms with Crippen LogP contribution in [-0.2, 0) is 0 Å². The fourth-order valence-electron chi connectivity index (χ4n) is 2.41. The predicted octanol–water partition coefficient (Wildman–Crippen LogP) is 2.06. The molecule has 98 valence electrons. The smallest absolute Gasteiger partial charge is 0.248 e. The van der Waals surface area contributed by atoms with Crippen molar-refractivity contribution in [1.82, 2.24) is 0 Å². The molecule has 0 bridgehead atoms. The molecule has 0 saturated heterocycles. The number of nitrogens with two attached hydrogens (primary N) is 2. The highest BCUT2D eigenvalue weighted by molar-refractivity contribution is 7.99. The van der Waals surface area contributed by atoms with Gasteiger partial charge in [-0.2, -0.15) is 11.8 Å². The van der Waals surface area contributed by atoms with Gasteiger partial charge in [0.25, 0.3) is 0 Å². The summed E-state index contributed by atoms with van der Waals surface area (Å²) >= 11 is 1.88. The molecular formula is C13H19N3OS. The summed E-state index contributed by atoms with van der Waals surface area (Å²) in [5.74, 6) is -0.425. The molecule has 1 fully saturated rings. The first-order chi connectivity index (χ1) is 8.61. The van der Waals surface area contributed by atoms with Gasteiger partial charge in [0, 0.05) is 16.9 Å². The van der Waals surface area contributed by atoms with Crippen LogP contribution in [0.2, 0.25) is 0 Å². The lowest BCUT2D eigenvalue weighted by Crippen LogP contribution is -2.26. The van der Waals surface area contributed by atoms with Crippen LogP contribution in [0.4, 0.5) is 11.4 Å². The van der Waals surface area contributed by atoms with Crippen molar-refractivity contribution in [2.24, 2.45) is 5.73 Å². The summed E-state index contributed by atoms with van der Waals surface area (Å²) in [5, 5.41) is 4.06. The molecule has 5 heteroatoms. The molecular weight excluding hydrogens is 246 g/mol. The summed E-state index contributed by atoms with van der Waals surface area (Å²) in [7, 11) is 0. The maximum absolute atomic E-state index is 11.2. The number of anilines is 2. The zero-order valence-electron chi connectivity index (χ0n) is 10.5. The van der Waals surface area contributed by atoms with Gasteiger partial charge in [-0.05, 0) is 37.3 Å². The topological polar surface area (TPSA) is 81.1 Å². The van der Waals surface area contributed by atoms with Crippen LogP contribution in [0.15, 0.2) is 18.2 Å². The van der Waals surface area contributed by atoms with Gasteiger partial charge in [0.1, 0.15) is 0 Å². The van der Waals surface area contributed by atoms with Gasteiger partial charge in [0.05, 0.1) is 11.4 Å². The highest BCUT2D eigenvalue weighted by Crippen LogP contribution is 2.32. The molecule has 2 atom stereocenters. The standard InChI is InChI=1S/C13H19N3OS/c1-18-12-4-2-3-10(12)16-11-7-8(13(15)17)5-6-9(11)14/h5-7,10,12,16H,2-4,14H2,1H3,(H2,15,17). The zero-order valence-corrected chi connectivity index (χ0v) is 11.3. The number of benzene rings is 1. The highest BCUT2D eigenvalue weighted by Gasteiger charge is 2.26. The number of nitrogens with one attached hydrogen (secondary N) is 1. The minimum absolute atomic E-state index is 0.422. The molecule has 0 heterocycles. The van der Waals surface area contributed by atoms with E-state index < -0.39 is 5.91 Å². The van der Waals surface area contributed by atoms with Gasteiger partial charge in [-0.1, -0.05) is 6.42 Å². The number of carbonyl (C=O) groups is 1. The molecule has 1 aromatic carbocycles. The number of carbonyl (C=O) groups excluding carboxylic acids is 1. The van der Waals surface area contributed by atoms with Gasteiger partial charge < -0.3 is 16.8 Å². The fraction of sp³-hybridized carbons (Fsp3) is 0.462. The monoisotopic (exact) mass is 265 g/mol. The van der Waals surface area contributed by atoms with Gasteiger partial charge in [0.2, 0.25) is 5.91 Å². The lowest BCUT2D eigenvalue weighted by Gasteiger charge is -2.21. The van der Waals surface area contributed by atoms with Crippen molar-refractivity contribution in [3.8, 4) is 0 Å². The van der Waals surface area contributed by atoms with Crippen molar-refractivity contribution in [3.63, 3.8) is 0 Å². The Balaban J connectivity index is 2.17. The second kappa shape index (κ2) is 5.52. The molecule has 5 N–H and O–H groups in total. The van der Waals surface area contributed by atoms with Gasteiger partial charge in [-0.25, -0.2) is 0 Å². The molecule has 18 heavy (non-hydrogen) atoms. The zero-order chi connectivity index (χ0) is 13.1. The first kappa shape index (κ1) is 13.1. The number of hydrogen-bond acceptors (Lipinski definition) is 4. The molecule has 4 nitrogen and oxygen atoms in total. The van der Waals surface area contributed by atoms with Crippen LogP contribution in [0.5, 0.6) is 0 Å². The number of rotatable bonds is 4. The van der Waals surface area contributed by atoms with E-state index >= 15 is 0 Å². The maximum Gasteiger partial charge on any atom is 0.248 e. The SMILES string of the molecule is CSC1CCCC1Nc1cc(C(N)=O)ccc1N. The second-order valence-corrected chi connectivity index (χ2v) is 5.70. The first-order valence-corrected chi connectivity index (χ1v) is 7.39. The molecule has 1 aliphatic carbocycles. The Hall–Kier alpha value is -1.36. The van der Waals surface area contributed by atoms with Crippen LogP contribution < -0.4 is 16.8 Å². The number of hydrogen-bond donors (Lipinski definition) is 3. The van der Waals surface area contributed by atoms with Crippen LogP contribution >= 0.6 is 11.8 Å². The normalized spacial score (nSPS) is 22.9. The molecule has 0 radical (unpaired) electrons. The summed E-state index contributed by atoms with van der Waals surface area (Å²) in [6.07, 6.45) is 5.74. The van der Waals surface area contributed by atoms with Crippen molar-refractivity contribution in [3.05, 3.63) is 23.8 Å². The third-order valence-electron chi connectivity index (χ3n) is 3.43. The molecule has 2 unspecified atom stereocenters. The Kier molecular flexibility index (Phi) is 4.01. The average molecular weight is 265 g/mol. The van der Waals surface area contributed by atoms with E-state index in [0.717, 1.165) is 12.1 Å². The van der Waals surface area contributed by atoms with Gasteiger partial charge in [-0.3, -0.25) is 4.79 Å². The Morgan fingerprint density at radius 2 is 2.22 bits per heavy atom. The van der Waals surface area contributed by atoms with Crippen LogP contribution in [0.3, 0.4) is 0 Å². The quantitative estimate of drug-likeness (QED) is 0.728. The molecule has 1 saturated carbocycles. The average Bonchev–Trinajstić information content (AvgIpc) is 2.79. The number of primary amides is 1. The van der Waals surface area contributed by atoms with Gasteiger partial charge >= 0.3 is 0 Å². The molecule has 0 spiro atoms. The van der Waals surface area contributed by atoms with E-state index in [1.54, 1.807) is 18.2 Å². The van der Waals surface area contributed by atoms with E-state index in [4.69, 9.17) is 11.5 Å². The second-order valence-electron chi connectivity index (χ2n) is 4.62. The number of amides is 1. The van der Waals surface area contributed by atoms with Crippen LogP contribution in [-0.4, -0.2) is 23.5 Å². The summed E-state index contributed by atoms with van der Waals surface area (Å²) in [5.41, 5.74) is 13.2. The number of nitrogen functional groups attached to an aromatic ring is 1. The lowest BCUT2D eigenvalue weighted by molar-refractivity contribution is 0.100. The van der Waals surface area contributed by atoms with Crippen LogP contribution in [0.25, 0.3) is 0 Å². The molecule has 2 rings (SSSR count). The van der Waals surface area contributed by atoms with E-state index in [0.29, 0.717) is 22.5 Å². The minimum Gasteiger partial charge on any atom is -0.397 e. The molecule has 1 aromatic rings. The van der Waals surface area contributed by atoms with Crippen molar-refractivity contribution in [1.29, 1.82) is 0 Å². The number of thioether (sulfide) groups is 1. The van der Waals surface area contributed by atoms with E-state index in [9.17, 15) is 4.79 Å². The van der Waals surface area contributed by atoms with E-state index in [1.807, 2.05) is 11.8 Å². The maximum atomic E-state index is 11.2. The van der Waals surface area contributed by atoms with E-state index in [2.05, 4.69) is 11.6 Å². The Bertz CT molecular complexity index is 450. The molecule has 0 aromatic heterocycles. The summed E-state index contributed by atoms with van der Waals surface area (Å²) in [6, 6.07) is 5.55. The summed E-state index contributed by atoms with van der Waals surface area (Å²) in [4.78, 5) is 11.2. The van der Waals surface area contributed by atoms with E-state index in [-0.39, 0.29) is 0 Å². The van der Waals surface area contributed by atoms with Crippen molar-refractivity contribution < 1.29 is 4.79 Å².